The summed E-state index contributed by atoms with van der Waals surface area (Å²) >= 11 is 0. The molecule has 78 valence electrons. The maximum absolute atomic E-state index is 8.82. The average molecular weight is 201 g/mol. The molecule has 0 unspecified atom stereocenters. The van der Waals surface area contributed by atoms with Crippen LogP contribution >= 0.6 is 0 Å². The summed E-state index contributed by atoms with van der Waals surface area (Å²) in [6, 6.07) is 10.1. The summed E-state index contributed by atoms with van der Waals surface area (Å²) in [6.07, 6.45) is 2.24. The first-order chi connectivity index (χ1) is 7.29. The van der Waals surface area contributed by atoms with Crippen molar-refractivity contribution in [3.63, 3.8) is 0 Å². The highest BCUT2D eigenvalue weighted by Crippen LogP contribution is 2.20. The predicted molar refractivity (Wildman–Crippen MR) is 60.6 cm³/mol. The molecular weight excluding hydrogens is 186 g/mol. The van der Waals surface area contributed by atoms with Crippen molar-refractivity contribution in [2.75, 3.05) is 18.0 Å². The number of anilines is 1. The number of nitriles is 1. The molecule has 1 aromatic carbocycles. The van der Waals surface area contributed by atoms with E-state index in [0.717, 1.165) is 31.6 Å². The standard InChI is InChI=1S/C12H15N3/c13-8-10-3-1-5-12(7-10)15-6-2-4-11(14)9-15/h1,3,5,7,11H,2,4,6,9,14H2/t11-/m0/s1. The number of benzene rings is 1. The van der Waals surface area contributed by atoms with Gasteiger partial charge in [0.25, 0.3) is 0 Å². The van der Waals surface area contributed by atoms with E-state index in [2.05, 4.69) is 11.0 Å². The maximum Gasteiger partial charge on any atom is 0.0992 e. The SMILES string of the molecule is N#Cc1cccc(N2CCC[C@H](N)C2)c1. The Morgan fingerprint density at radius 1 is 1.47 bits per heavy atom. The van der Waals surface area contributed by atoms with E-state index in [1.54, 1.807) is 0 Å². The normalized spacial score (nSPS) is 21.1. The van der Waals surface area contributed by atoms with Gasteiger partial charge in [0.2, 0.25) is 0 Å². The lowest BCUT2D eigenvalue weighted by Crippen LogP contribution is -2.42. The molecule has 1 fully saturated rings. The molecule has 0 bridgehead atoms. The average Bonchev–Trinajstić information content (AvgIpc) is 2.29. The third-order valence-corrected chi connectivity index (χ3v) is 2.80. The Kier molecular flexibility index (Phi) is 2.89. The van der Waals surface area contributed by atoms with Crippen molar-refractivity contribution in [1.82, 2.24) is 0 Å². The zero-order valence-corrected chi connectivity index (χ0v) is 8.69. The van der Waals surface area contributed by atoms with Gasteiger partial charge in [-0.25, -0.2) is 0 Å². The molecular formula is C12H15N3. The molecule has 15 heavy (non-hydrogen) atoms. The van der Waals surface area contributed by atoms with Gasteiger partial charge in [0.1, 0.15) is 0 Å². The fourth-order valence-corrected chi connectivity index (χ4v) is 2.02. The fourth-order valence-electron chi connectivity index (χ4n) is 2.02. The predicted octanol–water partition coefficient (Wildman–Crippen LogP) is 1.49. The zero-order chi connectivity index (χ0) is 10.7. The third-order valence-electron chi connectivity index (χ3n) is 2.80. The molecule has 1 saturated heterocycles. The summed E-state index contributed by atoms with van der Waals surface area (Å²) in [7, 11) is 0. The molecule has 1 aliphatic heterocycles. The van der Waals surface area contributed by atoms with Gasteiger partial charge < -0.3 is 10.6 Å². The number of nitrogens with zero attached hydrogens (tertiary/aromatic N) is 2. The number of rotatable bonds is 1. The molecule has 0 radical (unpaired) electrons. The van der Waals surface area contributed by atoms with Crippen LogP contribution in [0.25, 0.3) is 0 Å². The quantitative estimate of drug-likeness (QED) is 0.749. The molecule has 1 aliphatic rings. The van der Waals surface area contributed by atoms with Gasteiger partial charge in [0.15, 0.2) is 0 Å². The lowest BCUT2D eigenvalue weighted by atomic mass is 10.1. The minimum atomic E-state index is 0.268. The van der Waals surface area contributed by atoms with Crippen molar-refractivity contribution >= 4 is 5.69 Å². The topological polar surface area (TPSA) is 53.0 Å². The second-order valence-corrected chi connectivity index (χ2v) is 4.01. The number of hydrogen-bond acceptors (Lipinski definition) is 3. The molecule has 0 saturated carbocycles. The van der Waals surface area contributed by atoms with Gasteiger partial charge in [-0.2, -0.15) is 5.26 Å². The number of piperidine rings is 1. The minimum absolute atomic E-state index is 0.268. The summed E-state index contributed by atoms with van der Waals surface area (Å²) in [5.74, 6) is 0. The first-order valence-electron chi connectivity index (χ1n) is 5.30. The Hall–Kier alpha value is -1.53. The molecule has 3 heteroatoms. The maximum atomic E-state index is 8.82. The van der Waals surface area contributed by atoms with Crippen LogP contribution < -0.4 is 10.6 Å². The van der Waals surface area contributed by atoms with E-state index in [0.29, 0.717) is 5.56 Å². The summed E-state index contributed by atoms with van der Waals surface area (Å²) in [4.78, 5) is 2.26. The molecule has 1 aromatic rings. The van der Waals surface area contributed by atoms with E-state index in [-0.39, 0.29) is 6.04 Å². The van der Waals surface area contributed by atoms with Crippen molar-refractivity contribution in [3.05, 3.63) is 29.8 Å². The van der Waals surface area contributed by atoms with Gasteiger partial charge in [0.05, 0.1) is 11.6 Å². The summed E-state index contributed by atoms with van der Waals surface area (Å²) in [6.45, 7) is 1.94. The second kappa shape index (κ2) is 4.33. The Morgan fingerprint density at radius 2 is 2.33 bits per heavy atom. The zero-order valence-electron chi connectivity index (χ0n) is 8.69. The van der Waals surface area contributed by atoms with Gasteiger partial charge in [-0.1, -0.05) is 6.07 Å². The Balaban J connectivity index is 2.18. The molecule has 1 heterocycles. The van der Waals surface area contributed by atoms with E-state index in [1.807, 2.05) is 24.3 Å². The van der Waals surface area contributed by atoms with Crippen LogP contribution in [0.4, 0.5) is 5.69 Å². The van der Waals surface area contributed by atoms with Crippen LogP contribution in [-0.2, 0) is 0 Å². The number of hydrogen-bond donors (Lipinski definition) is 1. The van der Waals surface area contributed by atoms with E-state index >= 15 is 0 Å². The monoisotopic (exact) mass is 201 g/mol. The van der Waals surface area contributed by atoms with Gasteiger partial charge in [-0.15, -0.1) is 0 Å². The van der Waals surface area contributed by atoms with Crippen LogP contribution in [0.3, 0.4) is 0 Å². The molecule has 0 aliphatic carbocycles. The largest absolute Gasteiger partial charge is 0.370 e. The second-order valence-electron chi connectivity index (χ2n) is 4.01. The lowest BCUT2D eigenvalue weighted by molar-refractivity contribution is 0.506. The molecule has 1 atom stereocenters. The highest BCUT2D eigenvalue weighted by molar-refractivity contribution is 5.51. The molecule has 2 N–H and O–H groups in total. The van der Waals surface area contributed by atoms with E-state index in [4.69, 9.17) is 11.0 Å². The van der Waals surface area contributed by atoms with E-state index < -0.39 is 0 Å². The van der Waals surface area contributed by atoms with Crippen LogP contribution in [0.1, 0.15) is 18.4 Å². The molecule has 0 amide bonds. The molecule has 3 nitrogen and oxygen atoms in total. The highest BCUT2D eigenvalue weighted by Gasteiger charge is 2.16. The van der Waals surface area contributed by atoms with Crippen molar-refractivity contribution in [2.24, 2.45) is 5.73 Å². The summed E-state index contributed by atoms with van der Waals surface area (Å²) in [5.41, 5.74) is 7.76. The van der Waals surface area contributed by atoms with Crippen LogP contribution in [0.5, 0.6) is 0 Å². The van der Waals surface area contributed by atoms with Crippen molar-refractivity contribution < 1.29 is 0 Å². The lowest BCUT2D eigenvalue weighted by Gasteiger charge is -2.32. The number of nitrogens with two attached hydrogens (primary N) is 1. The van der Waals surface area contributed by atoms with Crippen molar-refractivity contribution in [1.29, 1.82) is 5.26 Å². The molecule has 0 aromatic heterocycles. The Morgan fingerprint density at radius 3 is 3.07 bits per heavy atom. The van der Waals surface area contributed by atoms with Crippen LogP contribution in [-0.4, -0.2) is 19.1 Å². The van der Waals surface area contributed by atoms with Crippen LogP contribution in [0, 0.1) is 11.3 Å². The Labute approximate surface area is 90.1 Å². The summed E-state index contributed by atoms with van der Waals surface area (Å²) in [5, 5.41) is 8.82. The molecule has 0 spiro atoms. The highest BCUT2D eigenvalue weighted by atomic mass is 15.1. The third kappa shape index (κ3) is 2.28. The fraction of sp³-hybridized carbons (Fsp3) is 0.417. The van der Waals surface area contributed by atoms with Gasteiger partial charge in [-0.3, -0.25) is 0 Å². The van der Waals surface area contributed by atoms with Crippen molar-refractivity contribution in [2.45, 2.75) is 18.9 Å². The van der Waals surface area contributed by atoms with E-state index in [9.17, 15) is 0 Å². The minimum Gasteiger partial charge on any atom is -0.370 e. The van der Waals surface area contributed by atoms with Gasteiger partial charge >= 0.3 is 0 Å². The van der Waals surface area contributed by atoms with Crippen molar-refractivity contribution in [3.8, 4) is 6.07 Å². The Bertz CT molecular complexity index is 381. The van der Waals surface area contributed by atoms with E-state index in [1.165, 1.54) is 0 Å². The first kappa shape index (κ1) is 10.0. The van der Waals surface area contributed by atoms with Crippen LogP contribution in [0.15, 0.2) is 24.3 Å². The van der Waals surface area contributed by atoms with Gasteiger partial charge in [-0.05, 0) is 31.0 Å². The molecule has 2 rings (SSSR count). The van der Waals surface area contributed by atoms with Gasteiger partial charge in [0, 0.05) is 24.8 Å². The summed E-state index contributed by atoms with van der Waals surface area (Å²) < 4.78 is 0. The smallest absolute Gasteiger partial charge is 0.0992 e. The first-order valence-corrected chi connectivity index (χ1v) is 5.30. The van der Waals surface area contributed by atoms with Crippen LogP contribution in [0.2, 0.25) is 0 Å².